The summed E-state index contributed by atoms with van der Waals surface area (Å²) in [5.41, 5.74) is 10.3. The van der Waals surface area contributed by atoms with Gasteiger partial charge in [-0.2, -0.15) is 0 Å². The summed E-state index contributed by atoms with van der Waals surface area (Å²) in [6.07, 6.45) is 0.0435. The SMILES string of the molecule is C[C@H](NCC(=O)[C@H](CC(N)=O)NC(=O)[C@H]1CN(C)[C@@H](CCC(N)=O)C(=O)N1)C(=O)CP. The quantitative estimate of drug-likeness (QED) is 0.175. The normalized spacial score (nSPS) is 20.9. The highest BCUT2D eigenvalue weighted by Gasteiger charge is 2.36. The van der Waals surface area contributed by atoms with E-state index < -0.39 is 60.0 Å². The van der Waals surface area contributed by atoms with Crippen LogP contribution in [0, 0.1) is 0 Å². The molecule has 1 unspecified atom stereocenters. The van der Waals surface area contributed by atoms with E-state index in [0.717, 1.165) is 0 Å². The first-order valence-corrected chi connectivity index (χ1v) is 10.6. The van der Waals surface area contributed by atoms with Crippen LogP contribution >= 0.6 is 9.24 Å². The maximum Gasteiger partial charge on any atom is 0.244 e. The van der Waals surface area contributed by atoms with Crippen molar-refractivity contribution < 1.29 is 28.8 Å². The van der Waals surface area contributed by atoms with Gasteiger partial charge in [0.2, 0.25) is 23.6 Å². The molecular weight excluding hydrogens is 427 g/mol. The van der Waals surface area contributed by atoms with Crippen LogP contribution < -0.4 is 27.4 Å². The number of Topliss-reactive ketones (excluding diaryl/α,β-unsaturated/α-hetero) is 2. The van der Waals surface area contributed by atoms with Gasteiger partial charge in [-0.15, -0.1) is 9.24 Å². The minimum atomic E-state index is -1.20. The van der Waals surface area contributed by atoms with Crippen molar-refractivity contribution in [2.24, 2.45) is 11.5 Å². The van der Waals surface area contributed by atoms with Gasteiger partial charge in [0.25, 0.3) is 0 Å². The van der Waals surface area contributed by atoms with Crippen molar-refractivity contribution >= 4 is 44.4 Å². The van der Waals surface area contributed by atoms with Crippen molar-refractivity contribution in [1.82, 2.24) is 20.9 Å². The van der Waals surface area contributed by atoms with E-state index in [-0.39, 0.29) is 37.9 Å². The number of likely N-dealkylation sites (N-methyl/N-ethyl adjacent to an activating group) is 1. The van der Waals surface area contributed by atoms with Gasteiger partial charge in [-0.05, 0) is 20.4 Å². The second-order valence-electron chi connectivity index (χ2n) is 7.49. The van der Waals surface area contributed by atoms with Crippen molar-refractivity contribution in [1.29, 1.82) is 0 Å². The predicted octanol–water partition coefficient (Wildman–Crippen LogP) is -3.60. The third kappa shape index (κ3) is 8.68. The molecule has 31 heavy (non-hydrogen) atoms. The number of ketones is 2. The fourth-order valence-corrected chi connectivity index (χ4v) is 3.45. The summed E-state index contributed by atoms with van der Waals surface area (Å²) in [5, 5.41) is 7.76. The Morgan fingerprint density at radius 3 is 2.35 bits per heavy atom. The van der Waals surface area contributed by atoms with E-state index in [1.165, 1.54) is 0 Å². The molecule has 0 saturated carbocycles. The Morgan fingerprint density at radius 1 is 1.19 bits per heavy atom. The van der Waals surface area contributed by atoms with Gasteiger partial charge in [-0.3, -0.25) is 33.7 Å². The summed E-state index contributed by atoms with van der Waals surface area (Å²) in [5.74, 6) is -3.06. The highest BCUT2D eigenvalue weighted by Crippen LogP contribution is 2.12. The summed E-state index contributed by atoms with van der Waals surface area (Å²) in [4.78, 5) is 73.0. The standard InChI is InChI=1S/C18H31N6O6P/c1-9(14(26)8-31)21-6-13(25)10(5-16(20)28)22-17(29)11-7-24(2)12(18(30)23-11)3-4-15(19)27/h9-12,21H,3-8,31H2,1-2H3,(H2,19,27)(H2,20,28)(H,22,29)(H,23,30)/t9-,10-,11+,12-/m0/s1. The summed E-state index contributed by atoms with van der Waals surface area (Å²) >= 11 is 0. The molecule has 0 spiro atoms. The molecule has 1 aliphatic rings. The van der Waals surface area contributed by atoms with Crippen LogP contribution in [0.15, 0.2) is 0 Å². The Balaban J connectivity index is 2.73. The second-order valence-corrected chi connectivity index (χ2v) is 7.90. The van der Waals surface area contributed by atoms with E-state index in [0.29, 0.717) is 0 Å². The van der Waals surface area contributed by atoms with Gasteiger partial charge < -0.3 is 27.4 Å². The van der Waals surface area contributed by atoms with Gasteiger partial charge in [0.05, 0.1) is 31.1 Å². The number of nitrogens with zero attached hydrogens (tertiary/aromatic N) is 1. The first-order chi connectivity index (χ1) is 14.5. The maximum absolute atomic E-state index is 12.6. The lowest BCUT2D eigenvalue weighted by atomic mass is 10.0. The second kappa shape index (κ2) is 12.4. The number of amides is 4. The number of hydrogen-bond donors (Lipinski definition) is 5. The van der Waals surface area contributed by atoms with Crippen LogP contribution in [0.5, 0.6) is 0 Å². The highest BCUT2D eigenvalue weighted by atomic mass is 31.0. The predicted molar refractivity (Wildman–Crippen MR) is 115 cm³/mol. The van der Waals surface area contributed by atoms with Crippen molar-refractivity contribution in [3.63, 3.8) is 0 Å². The fourth-order valence-electron chi connectivity index (χ4n) is 3.09. The molecule has 7 N–H and O–H groups in total. The van der Waals surface area contributed by atoms with Gasteiger partial charge in [0.1, 0.15) is 6.04 Å². The molecule has 0 aromatic heterocycles. The molecule has 174 valence electrons. The molecule has 13 heteroatoms. The number of rotatable bonds is 13. The molecule has 0 radical (unpaired) electrons. The summed E-state index contributed by atoms with van der Waals surface area (Å²) in [7, 11) is 3.92. The minimum Gasteiger partial charge on any atom is -0.370 e. The van der Waals surface area contributed by atoms with Gasteiger partial charge in [0.15, 0.2) is 11.6 Å². The number of carbonyl (C=O) groups is 6. The number of hydrogen-bond acceptors (Lipinski definition) is 8. The van der Waals surface area contributed by atoms with Crippen LogP contribution in [0.2, 0.25) is 0 Å². The van der Waals surface area contributed by atoms with Crippen LogP contribution in [-0.4, -0.2) is 90.6 Å². The molecule has 1 heterocycles. The molecule has 5 atom stereocenters. The van der Waals surface area contributed by atoms with Crippen LogP contribution in [-0.2, 0) is 28.8 Å². The summed E-state index contributed by atoms with van der Waals surface area (Å²) < 4.78 is 0. The third-order valence-corrected chi connectivity index (χ3v) is 5.38. The monoisotopic (exact) mass is 458 g/mol. The van der Waals surface area contributed by atoms with E-state index in [1.54, 1.807) is 18.9 Å². The highest BCUT2D eigenvalue weighted by molar-refractivity contribution is 7.18. The zero-order chi connectivity index (χ0) is 23.7. The number of primary amides is 2. The Morgan fingerprint density at radius 2 is 1.84 bits per heavy atom. The van der Waals surface area contributed by atoms with Gasteiger partial charge in [0, 0.05) is 19.1 Å². The molecule has 1 aliphatic heterocycles. The number of carbonyl (C=O) groups excluding carboxylic acids is 6. The third-order valence-electron chi connectivity index (χ3n) is 4.98. The molecular formula is C18H31N6O6P. The molecule has 1 fully saturated rings. The molecule has 12 nitrogen and oxygen atoms in total. The Labute approximate surface area is 182 Å². The zero-order valence-corrected chi connectivity index (χ0v) is 18.8. The maximum atomic E-state index is 12.6. The van der Waals surface area contributed by atoms with E-state index in [9.17, 15) is 28.8 Å². The molecule has 0 aliphatic carbocycles. The Kier molecular flexibility index (Phi) is 10.7. The molecule has 1 rings (SSSR count). The number of nitrogens with one attached hydrogen (secondary N) is 3. The molecule has 0 aromatic carbocycles. The van der Waals surface area contributed by atoms with Crippen LogP contribution in [0.25, 0.3) is 0 Å². The summed E-state index contributed by atoms with van der Waals surface area (Å²) in [6.45, 7) is 1.49. The lowest BCUT2D eigenvalue weighted by Crippen LogP contribution is -2.64. The lowest BCUT2D eigenvalue weighted by Gasteiger charge is -2.36. The van der Waals surface area contributed by atoms with E-state index in [1.807, 2.05) is 0 Å². The number of nitrogens with two attached hydrogens (primary N) is 2. The Bertz CT molecular complexity index is 732. The average Bonchev–Trinajstić information content (AvgIpc) is 2.69. The van der Waals surface area contributed by atoms with Crippen LogP contribution in [0.3, 0.4) is 0 Å². The van der Waals surface area contributed by atoms with Crippen LogP contribution in [0.1, 0.15) is 26.2 Å². The van der Waals surface area contributed by atoms with E-state index >= 15 is 0 Å². The number of piperazine rings is 1. The molecule has 4 amide bonds. The first-order valence-electron chi connectivity index (χ1n) is 9.82. The molecule has 1 saturated heterocycles. The van der Waals surface area contributed by atoms with Crippen molar-refractivity contribution in [2.45, 2.75) is 50.4 Å². The summed E-state index contributed by atoms with van der Waals surface area (Å²) in [6, 6.07) is -3.35. The molecule has 0 bridgehead atoms. The first kappa shape index (κ1) is 26.6. The van der Waals surface area contributed by atoms with Crippen molar-refractivity contribution in [2.75, 3.05) is 26.3 Å². The smallest absolute Gasteiger partial charge is 0.244 e. The van der Waals surface area contributed by atoms with Crippen LogP contribution in [0.4, 0.5) is 0 Å². The van der Waals surface area contributed by atoms with Gasteiger partial charge >= 0.3 is 0 Å². The minimum absolute atomic E-state index is 0.0269. The van der Waals surface area contributed by atoms with E-state index in [2.05, 4.69) is 25.2 Å². The zero-order valence-electron chi connectivity index (χ0n) is 17.7. The van der Waals surface area contributed by atoms with Gasteiger partial charge in [-0.1, -0.05) is 0 Å². The van der Waals surface area contributed by atoms with E-state index in [4.69, 9.17) is 11.5 Å². The molecule has 0 aromatic rings. The van der Waals surface area contributed by atoms with Crippen molar-refractivity contribution in [3.8, 4) is 0 Å². The largest absolute Gasteiger partial charge is 0.370 e. The topological polar surface area (TPSA) is 194 Å². The lowest BCUT2D eigenvalue weighted by molar-refractivity contribution is -0.138. The average molecular weight is 458 g/mol. The fraction of sp³-hybridized carbons (Fsp3) is 0.667. The van der Waals surface area contributed by atoms with Gasteiger partial charge in [-0.25, -0.2) is 0 Å². The van der Waals surface area contributed by atoms with Crippen molar-refractivity contribution in [3.05, 3.63) is 0 Å². The Hall–Kier alpha value is -2.43.